The number of hydrogen-bond acceptors (Lipinski definition) is 3. The molecule has 2 aliphatic rings. The first-order valence-electron chi connectivity index (χ1n) is 7.03. The molecule has 4 nitrogen and oxygen atoms in total. The molecular formula is C15H20N2O2. The molecule has 1 aromatic rings. The van der Waals surface area contributed by atoms with Crippen molar-refractivity contribution in [3.05, 3.63) is 23.8 Å². The van der Waals surface area contributed by atoms with Gasteiger partial charge in [0.1, 0.15) is 11.9 Å². The summed E-state index contributed by atoms with van der Waals surface area (Å²) in [5.74, 6) is 1.17. The number of rotatable bonds is 2. The van der Waals surface area contributed by atoms with Crippen molar-refractivity contribution in [1.82, 2.24) is 5.32 Å². The Morgan fingerprint density at radius 2 is 2.37 bits per heavy atom. The zero-order valence-electron chi connectivity index (χ0n) is 11.2. The maximum atomic E-state index is 12.1. The highest BCUT2D eigenvalue weighted by molar-refractivity contribution is 5.93. The Morgan fingerprint density at radius 3 is 3.16 bits per heavy atom. The van der Waals surface area contributed by atoms with Crippen LogP contribution in [0.5, 0.6) is 5.75 Å². The first-order valence-corrected chi connectivity index (χ1v) is 7.03. The Bertz CT molecular complexity index is 481. The molecule has 4 heteroatoms. The van der Waals surface area contributed by atoms with E-state index in [0.717, 1.165) is 43.8 Å². The summed E-state index contributed by atoms with van der Waals surface area (Å²) in [6.45, 7) is 3.88. The summed E-state index contributed by atoms with van der Waals surface area (Å²) in [5.41, 5.74) is 2.07. The number of benzene rings is 1. The number of ether oxygens (including phenoxy) is 1. The van der Waals surface area contributed by atoms with Gasteiger partial charge in [0.05, 0.1) is 5.92 Å². The lowest BCUT2D eigenvalue weighted by atomic mass is 9.98. The van der Waals surface area contributed by atoms with E-state index in [1.807, 2.05) is 18.2 Å². The van der Waals surface area contributed by atoms with Gasteiger partial charge in [-0.2, -0.15) is 0 Å². The predicted molar refractivity (Wildman–Crippen MR) is 74.5 cm³/mol. The molecule has 0 aromatic heterocycles. The van der Waals surface area contributed by atoms with Crippen molar-refractivity contribution >= 4 is 11.6 Å². The summed E-state index contributed by atoms with van der Waals surface area (Å²) < 4.78 is 5.66. The topological polar surface area (TPSA) is 50.4 Å². The molecule has 2 unspecified atom stereocenters. The van der Waals surface area contributed by atoms with E-state index in [1.165, 1.54) is 5.56 Å². The molecule has 0 bridgehead atoms. The van der Waals surface area contributed by atoms with Gasteiger partial charge >= 0.3 is 0 Å². The lowest BCUT2D eigenvalue weighted by Crippen LogP contribution is -2.37. The van der Waals surface area contributed by atoms with Crippen LogP contribution in [-0.2, 0) is 11.2 Å². The van der Waals surface area contributed by atoms with E-state index < -0.39 is 0 Å². The number of piperidine rings is 1. The van der Waals surface area contributed by atoms with Gasteiger partial charge in [-0.15, -0.1) is 0 Å². The molecule has 0 saturated carbocycles. The predicted octanol–water partition coefficient (Wildman–Crippen LogP) is 1.95. The molecule has 2 atom stereocenters. The second-order valence-corrected chi connectivity index (χ2v) is 5.49. The summed E-state index contributed by atoms with van der Waals surface area (Å²) in [6.07, 6.45) is 3.21. The van der Waals surface area contributed by atoms with E-state index in [4.69, 9.17) is 4.74 Å². The second kappa shape index (κ2) is 5.21. The summed E-state index contributed by atoms with van der Waals surface area (Å²) in [4.78, 5) is 12.1. The molecule has 0 radical (unpaired) electrons. The number of carbonyl (C=O) groups excluding carboxylic acids is 1. The van der Waals surface area contributed by atoms with E-state index in [2.05, 4.69) is 17.6 Å². The molecule has 2 N–H and O–H groups in total. The molecule has 2 aliphatic heterocycles. The van der Waals surface area contributed by atoms with Crippen LogP contribution in [0.1, 0.15) is 25.3 Å². The SMILES string of the molecule is CC1Cc2cc(NC(=O)C3CCCNC3)ccc2O1. The van der Waals surface area contributed by atoms with Crippen molar-refractivity contribution < 1.29 is 9.53 Å². The lowest BCUT2D eigenvalue weighted by molar-refractivity contribution is -0.120. The molecule has 0 spiro atoms. The zero-order chi connectivity index (χ0) is 13.2. The van der Waals surface area contributed by atoms with Crippen LogP contribution in [0.4, 0.5) is 5.69 Å². The normalized spacial score (nSPS) is 25.5. The molecule has 3 rings (SSSR count). The highest BCUT2D eigenvalue weighted by atomic mass is 16.5. The van der Waals surface area contributed by atoms with E-state index in [-0.39, 0.29) is 17.9 Å². The maximum absolute atomic E-state index is 12.1. The number of amides is 1. The first-order chi connectivity index (χ1) is 9.22. The minimum atomic E-state index is 0.0946. The maximum Gasteiger partial charge on any atom is 0.228 e. The van der Waals surface area contributed by atoms with Crippen molar-refractivity contribution in [2.24, 2.45) is 5.92 Å². The highest BCUT2D eigenvalue weighted by Crippen LogP contribution is 2.31. The monoisotopic (exact) mass is 260 g/mol. The van der Waals surface area contributed by atoms with Gasteiger partial charge in [-0.05, 0) is 50.1 Å². The fourth-order valence-electron chi connectivity index (χ4n) is 2.82. The summed E-state index contributed by atoms with van der Waals surface area (Å²) in [5, 5.41) is 6.29. The average Bonchev–Trinajstić information content (AvgIpc) is 2.79. The van der Waals surface area contributed by atoms with Crippen molar-refractivity contribution in [2.45, 2.75) is 32.3 Å². The molecule has 1 saturated heterocycles. The summed E-state index contributed by atoms with van der Waals surface area (Å²) in [7, 11) is 0. The van der Waals surface area contributed by atoms with Crippen LogP contribution in [0.2, 0.25) is 0 Å². The van der Waals surface area contributed by atoms with Crippen LogP contribution >= 0.6 is 0 Å². The number of fused-ring (bicyclic) bond motifs is 1. The Labute approximate surface area is 113 Å². The summed E-state index contributed by atoms with van der Waals surface area (Å²) >= 11 is 0. The lowest BCUT2D eigenvalue weighted by Gasteiger charge is -2.22. The van der Waals surface area contributed by atoms with Gasteiger partial charge in [0.15, 0.2) is 0 Å². The molecule has 1 fully saturated rings. The Balaban J connectivity index is 1.67. The van der Waals surface area contributed by atoms with E-state index in [0.29, 0.717) is 0 Å². The third-order valence-electron chi connectivity index (χ3n) is 3.83. The zero-order valence-corrected chi connectivity index (χ0v) is 11.2. The highest BCUT2D eigenvalue weighted by Gasteiger charge is 2.22. The fraction of sp³-hybridized carbons (Fsp3) is 0.533. The third kappa shape index (κ3) is 2.73. The molecule has 2 heterocycles. The fourth-order valence-corrected chi connectivity index (χ4v) is 2.82. The van der Waals surface area contributed by atoms with Crippen LogP contribution in [0.15, 0.2) is 18.2 Å². The molecule has 102 valence electrons. The molecule has 19 heavy (non-hydrogen) atoms. The average molecular weight is 260 g/mol. The third-order valence-corrected chi connectivity index (χ3v) is 3.83. The van der Waals surface area contributed by atoms with Crippen LogP contribution in [0.25, 0.3) is 0 Å². The van der Waals surface area contributed by atoms with Crippen molar-refractivity contribution in [2.75, 3.05) is 18.4 Å². The Morgan fingerprint density at radius 1 is 1.47 bits per heavy atom. The van der Waals surface area contributed by atoms with Crippen LogP contribution in [-0.4, -0.2) is 25.1 Å². The number of hydrogen-bond donors (Lipinski definition) is 2. The van der Waals surface area contributed by atoms with Gasteiger partial charge in [0.25, 0.3) is 0 Å². The minimum absolute atomic E-state index is 0.0946. The van der Waals surface area contributed by atoms with E-state index >= 15 is 0 Å². The number of nitrogens with one attached hydrogen (secondary N) is 2. The standard InChI is InChI=1S/C15H20N2O2/c1-10-7-12-8-13(4-5-14(12)19-10)17-15(18)11-3-2-6-16-9-11/h4-5,8,10-11,16H,2-3,6-7,9H2,1H3,(H,17,18). The van der Waals surface area contributed by atoms with E-state index in [9.17, 15) is 4.79 Å². The van der Waals surface area contributed by atoms with Gasteiger partial charge < -0.3 is 15.4 Å². The molecule has 1 amide bonds. The molecular weight excluding hydrogens is 240 g/mol. The number of carbonyl (C=O) groups is 1. The van der Waals surface area contributed by atoms with Gasteiger partial charge in [-0.3, -0.25) is 4.79 Å². The Kier molecular flexibility index (Phi) is 3.42. The van der Waals surface area contributed by atoms with Crippen molar-refractivity contribution in [3.8, 4) is 5.75 Å². The summed E-state index contributed by atoms with van der Waals surface area (Å²) in [6, 6.07) is 5.91. The second-order valence-electron chi connectivity index (χ2n) is 5.49. The van der Waals surface area contributed by atoms with Crippen molar-refractivity contribution in [1.29, 1.82) is 0 Å². The van der Waals surface area contributed by atoms with Crippen LogP contribution in [0, 0.1) is 5.92 Å². The van der Waals surface area contributed by atoms with Crippen LogP contribution < -0.4 is 15.4 Å². The van der Waals surface area contributed by atoms with Crippen molar-refractivity contribution in [3.63, 3.8) is 0 Å². The first kappa shape index (κ1) is 12.5. The smallest absolute Gasteiger partial charge is 0.228 e. The Hall–Kier alpha value is -1.55. The molecule has 0 aliphatic carbocycles. The van der Waals surface area contributed by atoms with Gasteiger partial charge in [0, 0.05) is 18.7 Å². The van der Waals surface area contributed by atoms with Crippen LogP contribution in [0.3, 0.4) is 0 Å². The largest absolute Gasteiger partial charge is 0.490 e. The quantitative estimate of drug-likeness (QED) is 0.854. The molecule has 1 aromatic carbocycles. The van der Waals surface area contributed by atoms with Gasteiger partial charge in [-0.1, -0.05) is 0 Å². The minimum Gasteiger partial charge on any atom is -0.490 e. The number of anilines is 1. The van der Waals surface area contributed by atoms with Gasteiger partial charge in [0.2, 0.25) is 5.91 Å². The van der Waals surface area contributed by atoms with Gasteiger partial charge in [-0.25, -0.2) is 0 Å². The van der Waals surface area contributed by atoms with E-state index in [1.54, 1.807) is 0 Å².